The van der Waals surface area contributed by atoms with Crippen LogP contribution in [0, 0.1) is 0 Å². The van der Waals surface area contributed by atoms with Gasteiger partial charge >= 0.3 is 5.97 Å². The number of methoxy groups -OCH3 is 2. The van der Waals surface area contributed by atoms with Gasteiger partial charge in [0.15, 0.2) is 0 Å². The van der Waals surface area contributed by atoms with Gasteiger partial charge in [-0.25, -0.2) is 0 Å². The van der Waals surface area contributed by atoms with E-state index in [1.54, 1.807) is 7.11 Å². The molecule has 1 saturated carbocycles. The third-order valence-corrected chi connectivity index (χ3v) is 3.82. The summed E-state index contributed by atoms with van der Waals surface area (Å²) >= 11 is 0. The molecule has 0 saturated heterocycles. The van der Waals surface area contributed by atoms with E-state index in [9.17, 15) is 9.90 Å². The maximum atomic E-state index is 11.5. The molecular formula is C15H29NO5. The van der Waals surface area contributed by atoms with E-state index < -0.39 is 6.10 Å². The van der Waals surface area contributed by atoms with Crippen molar-refractivity contribution in [2.75, 3.05) is 40.5 Å². The number of carbonyl (C=O) groups is 1. The van der Waals surface area contributed by atoms with E-state index in [-0.39, 0.29) is 25.2 Å². The Morgan fingerprint density at radius 3 is 2.52 bits per heavy atom. The Balaban J connectivity index is 2.41. The number of rotatable bonds is 10. The highest BCUT2D eigenvalue weighted by Gasteiger charge is 2.26. The molecule has 0 radical (unpaired) electrons. The van der Waals surface area contributed by atoms with Crippen molar-refractivity contribution in [3.05, 3.63) is 0 Å². The Labute approximate surface area is 127 Å². The summed E-state index contributed by atoms with van der Waals surface area (Å²) in [6.07, 6.45) is 3.84. The molecule has 1 fully saturated rings. The minimum atomic E-state index is -0.616. The third-order valence-electron chi connectivity index (χ3n) is 3.82. The summed E-state index contributed by atoms with van der Waals surface area (Å²) in [4.78, 5) is 13.5. The van der Waals surface area contributed by atoms with Gasteiger partial charge in [0.25, 0.3) is 0 Å². The zero-order valence-electron chi connectivity index (χ0n) is 13.4. The average molecular weight is 303 g/mol. The second-order valence-electron chi connectivity index (χ2n) is 5.70. The Morgan fingerprint density at radius 2 is 1.95 bits per heavy atom. The second kappa shape index (κ2) is 10.1. The summed E-state index contributed by atoms with van der Waals surface area (Å²) in [5.41, 5.74) is 0. The molecule has 0 bridgehead atoms. The average Bonchev–Trinajstić information content (AvgIpc) is 2.98. The van der Waals surface area contributed by atoms with Crippen LogP contribution in [-0.4, -0.2) is 74.7 Å². The highest BCUT2D eigenvalue weighted by molar-refractivity contribution is 5.71. The van der Waals surface area contributed by atoms with Crippen molar-refractivity contribution in [2.24, 2.45) is 0 Å². The van der Waals surface area contributed by atoms with E-state index in [1.165, 1.54) is 20.0 Å². The first-order valence-corrected chi connectivity index (χ1v) is 7.66. The maximum Gasteiger partial charge on any atom is 0.319 e. The predicted molar refractivity (Wildman–Crippen MR) is 79.1 cm³/mol. The van der Waals surface area contributed by atoms with Crippen LogP contribution in [0.3, 0.4) is 0 Å². The molecular weight excluding hydrogens is 274 g/mol. The van der Waals surface area contributed by atoms with Gasteiger partial charge in [0.2, 0.25) is 0 Å². The number of esters is 1. The van der Waals surface area contributed by atoms with E-state index in [2.05, 4.69) is 0 Å². The first kappa shape index (κ1) is 18.4. The minimum absolute atomic E-state index is 0.0508. The van der Waals surface area contributed by atoms with Gasteiger partial charge in [0.05, 0.1) is 39.1 Å². The third kappa shape index (κ3) is 7.22. The molecule has 1 rings (SSSR count). The van der Waals surface area contributed by atoms with E-state index in [1.807, 2.05) is 11.8 Å². The lowest BCUT2D eigenvalue weighted by molar-refractivity contribution is -0.143. The van der Waals surface area contributed by atoms with Crippen molar-refractivity contribution in [2.45, 2.75) is 50.9 Å². The van der Waals surface area contributed by atoms with Gasteiger partial charge in [-0.3, -0.25) is 9.69 Å². The van der Waals surface area contributed by atoms with Crippen molar-refractivity contribution in [3.8, 4) is 0 Å². The van der Waals surface area contributed by atoms with Crippen molar-refractivity contribution in [3.63, 3.8) is 0 Å². The standard InChI is InChI=1S/C15H29NO5/c1-12(10-19-2)21-11-14(17)8-16(9-15(18)20-3)13-6-4-5-7-13/h12-14,17H,4-11H2,1-3H3. The smallest absolute Gasteiger partial charge is 0.319 e. The first-order chi connectivity index (χ1) is 10.1. The van der Waals surface area contributed by atoms with E-state index in [0.717, 1.165) is 12.8 Å². The maximum absolute atomic E-state index is 11.5. The fourth-order valence-corrected chi connectivity index (χ4v) is 2.72. The number of hydrogen-bond donors (Lipinski definition) is 1. The van der Waals surface area contributed by atoms with Gasteiger partial charge in [-0.15, -0.1) is 0 Å². The fraction of sp³-hybridized carbons (Fsp3) is 0.933. The highest BCUT2D eigenvalue weighted by Crippen LogP contribution is 2.23. The van der Waals surface area contributed by atoms with Crippen LogP contribution in [0.1, 0.15) is 32.6 Å². The molecule has 1 aliphatic carbocycles. The molecule has 1 N–H and O–H groups in total. The van der Waals surface area contributed by atoms with Gasteiger partial charge < -0.3 is 19.3 Å². The van der Waals surface area contributed by atoms with Gasteiger partial charge in [-0.1, -0.05) is 12.8 Å². The highest BCUT2D eigenvalue weighted by atomic mass is 16.5. The van der Waals surface area contributed by atoms with Crippen LogP contribution in [0.25, 0.3) is 0 Å². The molecule has 0 aromatic rings. The topological polar surface area (TPSA) is 68.2 Å². The summed E-state index contributed by atoms with van der Waals surface area (Å²) in [5, 5.41) is 10.1. The van der Waals surface area contributed by atoms with Crippen molar-refractivity contribution >= 4 is 5.97 Å². The molecule has 2 atom stereocenters. The van der Waals surface area contributed by atoms with Gasteiger partial charge in [0.1, 0.15) is 0 Å². The molecule has 0 amide bonds. The molecule has 0 spiro atoms. The molecule has 6 nitrogen and oxygen atoms in total. The molecule has 124 valence electrons. The number of ether oxygens (including phenoxy) is 3. The Kier molecular flexibility index (Phi) is 8.84. The van der Waals surface area contributed by atoms with Crippen LogP contribution in [0.4, 0.5) is 0 Å². The molecule has 2 unspecified atom stereocenters. The second-order valence-corrected chi connectivity index (χ2v) is 5.70. The minimum Gasteiger partial charge on any atom is -0.468 e. The van der Waals surface area contributed by atoms with Gasteiger partial charge in [0, 0.05) is 19.7 Å². The monoisotopic (exact) mass is 303 g/mol. The van der Waals surface area contributed by atoms with E-state index in [4.69, 9.17) is 14.2 Å². The predicted octanol–water partition coefficient (Wildman–Crippen LogP) is 0.816. The summed E-state index contributed by atoms with van der Waals surface area (Å²) in [7, 11) is 3.01. The summed E-state index contributed by atoms with van der Waals surface area (Å²) < 4.78 is 15.3. The Morgan fingerprint density at radius 1 is 1.29 bits per heavy atom. The quantitative estimate of drug-likeness (QED) is 0.603. The molecule has 0 aliphatic heterocycles. The molecule has 0 aromatic carbocycles. The molecule has 0 aromatic heterocycles. The zero-order valence-corrected chi connectivity index (χ0v) is 13.4. The number of hydrogen-bond acceptors (Lipinski definition) is 6. The molecule has 6 heteroatoms. The summed E-state index contributed by atoms with van der Waals surface area (Å²) in [5.74, 6) is -0.261. The summed E-state index contributed by atoms with van der Waals surface area (Å²) in [6, 6.07) is 0.357. The number of carbonyl (C=O) groups excluding carboxylic acids is 1. The molecule has 1 aliphatic rings. The summed E-state index contributed by atoms with van der Waals surface area (Å²) in [6.45, 7) is 3.31. The largest absolute Gasteiger partial charge is 0.468 e. The van der Waals surface area contributed by atoms with Crippen LogP contribution in [0.2, 0.25) is 0 Å². The van der Waals surface area contributed by atoms with Crippen molar-refractivity contribution in [1.82, 2.24) is 4.90 Å². The normalized spacial score (nSPS) is 18.9. The van der Waals surface area contributed by atoms with Gasteiger partial charge in [-0.05, 0) is 19.8 Å². The molecule has 21 heavy (non-hydrogen) atoms. The number of aliphatic hydroxyl groups excluding tert-OH is 1. The van der Waals surface area contributed by atoms with Crippen LogP contribution in [0.5, 0.6) is 0 Å². The van der Waals surface area contributed by atoms with Crippen molar-refractivity contribution < 1.29 is 24.1 Å². The number of nitrogens with zero attached hydrogens (tertiary/aromatic N) is 1. The van der Waals surface area contributed by atoms with Crippen LogP contribution in [-0.2, 0) is 19.0 Å². The number of aliphatic hydroxyl groups is 1. The van der Waals surface area contributed by atoms with Gasteiger partial charge in [-0.2, -0.15) is 0 Å². The Bertz CT molecular complexity index is 294. The first-order valence-electron chi connectivity index (χ1n) is 7.66. The van der Waals surface area contributed by atoms with Crippen LogP contribution in [0.15, 0.2) is 0 Å². The van der Waals surface area contributed by atoms with Crippen molar-refractivity contribution in [1.29, 1.82) is 0 Å². The Hall–Kier alpha value is -0.690. The lowest BCUT2D eigenvalue weighted by Gasteiger charge is -2.29. The van der Waals surface area contributed by atoms with Crippen LogP contribution >= 0.6 is 0 Å². The van der Waals surface area contributed by atoms with E-state index in [0.29, 0.717) is 19.2 Å². The SMILES string of the molecule is COCC(C)OCC(O)CN(CC(=O)OC)C1CCCC1. The van der Waals surface area contributed by atoms with E-state index >= 15 is 0 Å². The fourth-order valence-electron chi connectivity index (χ4n) is 2.72. The lowest BCUT2D eigenvalue weighted by Crippen LogP contribution is -2.44. The zero-order chi connectivity index (χ0) is 15.7. The lowest BCUT2D eigenvalue weighted by atomic mass is 10.2. The van der Waals surface area contributed by atoms with Crippen LogP contribution < -0.4 is 0 Å². The molecule has 0 heterocycles.